The van der Waals surface area contributed by atoms with Crippen molar-refractivity contribution in [2.24, 2.45) is 0 Å². The van der Waals surface area contributed by atoms with Crippen molar-refractivity contribution in [3.63, 3.8) is 0 Å². The molecule has 0 spiro atoms. The number of aromatic nitrogens is 6. The van der Waals surface area contributed by atoms with Crippen LogP contribution >= 0.6 is 23.2 Å². The Balaban J connectivity index is 0.000000204. The summed E-state index contributed by atoms with van der Waals surface area (Å²) in [5.74, 6) is -1.16. The lowest BCUT2D eigenvalue weighted by molar-refractivity contribution is 0.0903. The number of likely N-dealkylation sites (N-methyl/N-ethyl adjacent to an activating group) is 2. The van der Waals surface area contributed by atoms with Gasteiger partial charge in [-0.2, -0.15) is 10.2 Å². The van der Waals surface area contributed by atoms with Crippen molar-refractivity contribution >= 4 is 86.6 Å². The lowest BCUT2D eigenvalue weighted by Gasteiger charge is -2.26. The summed E-state index contributed by atoms with van der Waals surface area (Å²) in [7, 11) is 4.36. The number of nitrogens with one attached hydrogen (secondary N) is 7. The van der Waals surface area contributed by atoms with Gasteiger partial charge in [0.25, 0.3) is 23.6 Å². The number of benzene rings is 6. The zero-order valence-corrected chi connectivity index (χ0v) is 67.3. The van der Waals surface area contributed by atoms with Gasteiger partial charge in [0, 0.05) is 171 Å². The van der Waals surface area contributed by atoms with Gasteiger partial charge >= 0.3 is 0 Å². The van der Waals surface area contributed by atoms with Gasteiger partial charge in [-0.1, -0.05) is 93.0 Å². The fraction of sp³-hybridized carbons (Fsp3) is 0.404. The maximum Gasteiger partial charge on any atom is 0.251 e. The fourth-order valence-corrected chi connectivity index (χ4v) is 15.4. The van der Waals surface area contributed by atoms with E-state index in [0.717, 1.165) is 161 Å². The van der Waals surface area contributed by atoms with Gasteiger partial charge in [-0.3, -0.25) is 28.9 Å². The zero-order chi connectivity index (χ0) is 79.2. The van der Waals surface area contributed by atoms with Crippen molar-refractivity contribution < 1.29 is 33.4 Å². The first-order valence-electron chi connectivity index (χ1n) is 39.8. The first-order chi connectivity index (χ1) is 55.0. The number of fused-ring (bicyclic) bond motifs is 2. The highest BCUT2D eigenvalue weighted by Crippen LogP contribution is 2.35. The van der Waals surface area contributed by atoms with Gasteiger partial charge in [0.15, 0.2) is 11.3 Å². The van der Waals surface area contributed by atoms with E-state index >= 15 is 0 Å². The molecule has 4 amide bonds. The molecule has 14 rings (SSSR count). The molecule has 7 N–H and O–H groups in total. The van der Waals surface area contributed by atoms with Crippen molar-refractivity contribution in [1.29, 1.82) is 0 Å². The molecule has 0 radical (unpaired) electrons. The average Bonchev–Trinajstić information content (AvgIpc) is 1.48. The van der Waals surface area contributed by atoms with E-state index in [-0.39, 0.29) is 69.3 Å². The Morgan fingerprint density at radius 2 is 0.939 bits per heavy atom. The Kier molecular flexibility index (Phi) is 31.2. The van der Waals surface area contributed by atoms with Crippen LogP contribution in [0, 0.1) is 0 Å². The van der Waals surface area contributed by atoms with E-state index in [4.69, 9.17) is 42.6 Å². The van der Waals surface area contributed by atoms with Gasteiger partial charge in [0.05, 0.1) is 34.5 Å². The first kappa shape index (κ1) is 84.9. The third-order valence-corrected chi connectivity index (χ3v) is 21.6. The molecule has 114 heavy (non-hydrogen) atoms. The van der Waals surface area contributed by atoms with Crippen LogP contribution < -0.4 is 37.2 Å². The number of rotatable bonds is 25. The molecule has 4 saturated heterocycles. The number of aldehydes is 1. The topological polar surface area (TPSA) is 259 Å². The number of halogens is 2. The minimum Gasteiger partial charge on any atom is -0.381 e. The monoisotopic (exact) mass is 1580 g/mol. The van der Waals surface area contributed by atoms with E-state index in [9.17, 15) is 24.0 Å². The molecule has 0 saturated carbocycles. The number of carbonyl (C=O) groups excluding carboxylic acids is 5. The maximum atomic E-state index is 13.6. The third-order valence-electron chi connectivity index (χ3n) is 21.2. The predicted molar refractivity (Wildman–Crippen MR) is 456 cm³/mol. The van der Waals surface area contributed by atoms with Crippen molar-refractivity contribution in [2.45, 2.75) is 144 Å². The van der Waals surface area contributed by atoms with E-state index in [1.165, 1.54) is 38.0 Å². The molecule has 4 aromatic heterocycles. The number of pyridine rings is 2. The van der Waals surface area contributed by atoms with E-state index in [2.05, 4.69) is 127 Å². The van der Waals surface area contributed by atoms with Crippen LogP contribution in [0.2, 0.25) is 10.0 Å². The summed E-state index contributed by atoms with van der Waals surface area (Å²) >= 11 is 13.0. The van der Waals surface area contributed by atoms with Gasteiger partial charge in [-0.15, -0.1) is 0 Å². The second-order valence-electron chi connectivity index (χ2n) is 29.4. The van der Waals surface area contributed by atoms with Crippen LogP contribution in [0.1, 0.15) is 165 Å². The molecule has 6 aromatic carbocycles. The summed E-state index contributed by atoms with van der Waals surface area (Å²) in [4.78, 5) is 82.2. The molecule has 23 nitrogen and oxygen atoms in total. The van der Waals surface area contributed by atoms with Gasteiger partial charge in [0.1, 0.15) is 6.29 Å². The summed E-state index contributed by atoms with van der Waals surface area (Å²) < 4.78 is 15.0. The number of ether oxygens (including phenoxy) is 2. The molecule has 0 unspecified atom stereocenters. The van der Waals surface area contributed by atoms with Crippen LogP contribution in [0.5, 0.6) is 0 Å². The van der Waals surface area contributed by atoms with E-state index < -0.39 is 0 Å². The minimum absolute atomic E-state index is 0. The third kappa shape index (κ3) is 22.7. The number of hydrogen-bond acceptors (Lipinski definition) is 17. The lowest BCUT2D eigenvalue weighted by atomic mass is 10.0. The van der Waals surface area contributed by atoms with Crippen LogP contribution in [0.15, 0.2) is 146 Å². The van der Waals surface area contributed by atoms with Crippen LogP contribution in [-0.2, 0) is 68.1 Å². The fourth-order valence-electron chi connectivity index (χ4n) is 14.9. The SMILES string of the molecule is C.CCc1nc2c(cnn2CC)c(NC2CCOCC2)c1CNC(=O)c1cccc(C(=O)NCc2cc(Cl)cc(-c3cccc(C=O)c3)c2)c1.CCc1nc2c(cnn2CC)c(NC2CCOCC2)c1CNC(=O)c1cccc(C(=O)NCc2cc(Cl)cc(-c3cccc(CN4CCCN(C)CC4)c3)c2)c1.CN1CCCNCC1. The highest BCUT2D eigenvalue weighted by molar-refractivity contribution is 6.31. The Bertz CT molecular complexity index is 4930. The normalized spacial score (nSPS) is 15.2. The second-order valence-corrected chi connectivity index (χ2v) is 30.2. The molecule has 0 aliphatic carbocycles. The summed E-state index contributed by atoms with van der Waals surface area (Å²) in [5, 5.41) is 35.1. The van der Waals surface area contributed by atoms with Crippen molar-refractivity contribution in [3.05, 3.63) is 223 Å². The number of anilines is 2. The molecular weight excluding hydrogens is 1480 g/mol. The van der Waals surface area contributed by atoms with E-state index in [0.29, 0.717) is 90.2 Å². The number of carbonyl (C=O) groups is 5. The smallest absolute Gasteiger partial charge is 0.251 e. The van der Waals surface area contributed by atoms with Crippen molar-refractivity contribution in [1.82, 2.24) is 70.8 Å². The molecule has 602 valence electrons. The number of aryl methyl sites for hydroxylation is 4. The van der Waals surface area contributed by atoms with Gasteiger partial charge in [0.2, 0.25) is 0 Å². The van der Waals surface area contributed by atoms with Gasteiger partial charge < -0.3 is 56.5 Å². The van der Waals surface area contributed by atoms with Crippen LogP contribution in [0.4, 0.5) is 11.4 Å². The highest BCUT2D eigenvalue weighted by Gasteiger charge is 2.26. The largest absolute Gasteiger partial charge is 0.381 e. The Morgan fingerprint density at radius 1 is 0.491 bits per heavy atom. The number of nitrogens with zero attached hydrogens (tertiary/aromatic N) is 9. The number of hydrogen-bond donors (Lipinski definition) is 7. The molecule has 4 aliphatic rings. The average molecular weight is 1590 g/mol. The van der Waals surface area contributed by atoms with Gasteiger partial charge in [-0.05, 0) is 229 Å². The molecule has 0 atom stereocenters. The van der Waals surface area contributed by atoms with Gasteiger partial charge in [-0.25, -0.2) is 19.3 Å². The van der Waals surface area contributed by atoms with Crippen molar-refractivity contribution in [3.8, 4) is 22.3 Å². The highest BCUT2D eigenvalue weighted by atomic mass is 35.5. The summed E-state index contributed by atoms with van der Waals surface area (Å²) in [5.41, 5.74) is 16.1. The Morgan fingerprint density at radius 3 is 1.42 bits per heavy atom. The molecule has 4 aliphatic heterocycles. The quantitative estimate of drug-likeness (QED) is 0.0262. The first-order valence-corrected chi connectivity index (χ1v) is 40.6. The van der Waals surface area contributed by atoms with Crippen LogP contribution in [-0.4, -0.2) is 179 Å². The van der Waals surface area contributed by atoms with Crippen LogP contribution in [0.25, 0.3) is 44.3 Å². The number of amides is 4. The Hall–Kier alpha value is -9.95. The standard InChI is InChI=1S/C44H53ClN8O3.C38H39ClN6O4.C6H14N2.CH4/c1-4-40-38(41(49-37-13-19-56-20-14-37)39-28-48-53(5-2)42(39)50-40)27-47-44(55)34-12-7-11-33(24-34)43(54)46-26-31-22-35(25-36(45)23-31)32-10-6-9-30(21-32)29-52-16-8-15-51(3)17-18-52;1-3-34-32(35(43-31-11-13-49-14-12-31)33-22-42-45(4-2)36(33)44-34)21-41-38(48)28-10-6-9-27(18-28)37(47)40-20-25-16-29(19-30(39)17-25)26-8-5-7-24(15-26)23-46;1-8-5-2-3-7-4-6-8;/h6-7,9-12,21-25,28,37H,4-5,8,13-20,26-27,29H2,1-3H3,(H,46,54)(H,47,55)(H,49,50);5-10,15-19,22-23,31H,3-4,11-14,20-21H2,1-2H3,(H,40,47)(H,41,48)(H,43,44);7H,2-6H2,1H3;1H4. The molecule has 4 fully saturated rings. The molecule has 0 bridgehead atoms. The molecule has 10 aromatic rings. The maximum absolute atomic E-state index is 13.6. The summed E-state index contributed by atoms with van der Waals surface area (Å²) in [6.45, 7) is 23.6. The summed E-state index contributed by atoms with van der Waals surface area (Å²) in [6, 6.07) is 41.3. The van der Waals surface area contributed by atoms with Crippen LogP contribution in [0.3, 0.4) is 0 Å². The molecule has 25 heteroatoms. The lowest BCUT2D eigenvalue weighted by Crippen LogP contribution is -2.30. The minimum atomic E-state index is -0.321. The molecular formula is C89H110Cl2N16O7. The second kappa shape index (κ2) is 41.9. The summed E-state index contributed by atoms with van der Waals surface area (Å²) in [6.07, 6.45) is 12.0. The molecule has 8 heterocycles. The van der Waals surface area contributed by atoms with E-state index in [1.807, 2.05) is 65.1 Å². The predicted octanol–water partition coefficient (Wildman–Crippen LogP) is 14.1. The zero-order valence-electron chi connectivity index (χ0n) is 65.8. The van der Waals surface area contributed by atoms with E-state index in [1.54, 1.807) is 66.7 Å². The van der Waals surface area contributed by atoms with Crippen molar-refractivity contribution in [2.75, 3.05) is 104 Å². The Labute approximate surface area is 680 Å².